The largest absolute Gasteiger partial charge is 0.497 e. The van der Waals surface area contributed by atoms with Crippen molar-refractivity contribution in [2.75, 3.05) is 32.1 Å². The summed E-state index contributed by atoms with van der Waals surface area (Å²) in [6, 6.07) is 12.7. The second-order valence-corrected chi connectivity index (χ2v) is 7.40. The van der Waals surface area contributed by atoms with E-state index in [1.165, 1.54) is 11.3 Å². The molecule has 3 heterocycles. The van der Waals surface area contributed by atoms with Crippen LogP contribution in [0.2, 0.25) is 0 Å². The highest BCUT2D eigenvalue weighted by Gasteiger charge is 2.23. The van der Waals surface area contributed by atoms with Crippen molar-refractivity contribution in [2.45, 2.75) is 25.9 Å². The SMILES string of the molecule is CN=C(NCc1cn2ccc(C)cc2n1)NC1CCN(c2cccc(OC)c2)C1. The van der Waals surface area contributed by atoms with E-state index in [1.54, 1.807) is 14.2 Å². The minimum absolute atomic E-state index is 0.344. The second-order valence-electron chi connectivity index (χ2n) is 7.40. The summed E-state index contributed by atoms with van der Waals surface area (Å²) < 4.78 is 7.39. The van der Waals surface area contributed by atoms with Crippen molar-refractivity contribution in [3.8, 4) is 5.75 Å². The van der Waals surface area contributed by atoms with Crippen LogP contribution in [0, 0.1) is 6.92 Å². The van der Waals surface area contributed by atoms with Crippen LogP contribution in [0.25, 0.3) is 5.65 Å². The smallest absolute Gasteiger partial charge is 0.191 e. The number of aliphatic imine (C=N–C) groups is 1. The van der Waals surface area contributed by atoms with Crippen LogP contribution in [0.3, 0.4) is 0 Å². The van der Waals surface area contributed by atoms with Crippen molar-refractivity contribution >= 4 is 17.3 Å². The number of hydrogen-bond acceptors (Lipinski definition) is 4. The van der Waals surface area contributed by atoms with Crippen molar-refractivity contribution in [1.29, 1.82) is 0 Å². The van der Waals surface area contributed by atoms with E-state index in [0.717, 1.165) is 42.6 Å². The fraction of sp³-hybridized carbons (Fsp3) is 0.364. The summed E-state index contributed by atoms with van der Waals surface area (Å²) in [5, 5.41) is 6.92. The van der Waals surface area contributed by atoms with Crippen LogP contribution in [-0.4, -0.2) is 48.6 Å². The van der Waals surface area contributed by atoms with Gasteiger partial charge in [0.2, 0.25) is 0 Å². The minimum atomic E-state index is 0.344. The molecule has 1 atom stereocenters. The summed E-state index contributed by atoms with van der Waals surface area (Å²) in [4.78, 5) is 11.4. The summed E-state index contributed by atoms with van der Waals surface area (Å²) in [5.41, 5.74) is 4.36. The van der Waals surface area contributed by atoms with Gasteiger partial charge < -0.3 is 24.7 Å². The molecular weight excluding hydrogens is 364 g/mol. The Morgan fingerprint density at radius 3 is 3.03 bits per heavy atom. The van der Waals surface area contributed by atoms with E-state index in [4.69, 9.17) is 4.74 Å². The number of hydrogen-bond donors (Lipinski definition) is 2. The summed E-state index contributed by atoms with van der Waals surface area (Å²) in [6.07, 6.45) is 5.15. The lowest BCUT2D eigenvalue weighted by Gasteiger charge is -2.20. The first-order chi connectivity index (χ1) is 14.1. The molecular formula is C22H28N6O. The number of ether oxygens (including phenoxy) is 1. The standard InChI is InChI=1S/C22H28N6O/c1-16-7-9-28-15-18(25-21(28)11-16)13-24-22(23-2)26-17-8-10-27(14-17)19-5-4-6-20(12-19)29-3/h4-7,9,11-12,15,17H,8,10,13-14H2,1-3H3,(H2,23,24,26). The molecule has 2 aromatic heterocycles. The molecule has 7 heteroatoms. The number of fused-ring (bicyclic) bond motifs is 1. The van der Waals surface area contributed by atoms with Crippen LogP contribution >= 0.6 is 0 Å². The number of anilines is 1. The van der Waals surface area contributed by atoms with Crippen molar-refractivity contribution in [3.63, 3.8) is 0 Å². The lowest BCUT2D eigenvalue weighted by atomic mass is 10.2. The van der Waals surface area contributed by atoms with Crippen LogP contribution in [0.15, 0.2) is 53.8 Å². The van der Waals surface area contributed by atoms with Crippen LogP contribution in [0.4, 0.5) is 5.69 Å². The number of methoxy groups -OCH3 is 1. The maximum Gasteiger partial charge on any atom is 0.191 e. The fourth-order valence-electron chi connectivity index (χ4n) is 3.70. The maximum absolute atomic E-state index is 5.35. The van der Waals surface area contributed by atoms with E-state index in [0.29, 0.717) is 12.6 Å². The zero-order valence-corrected chi connectivity index (χ0v) is 17.2. The van der Waals surface area contributed by atoms with Gasteiger partial charge in [0, 0.05) is 50.3 Å². The molecule has 1 aliphatic heterocycles. The highest BCUT2D eigenvalue weighted by atomic mass is 16.5. The molecule has 3 aromatic rings. The third kappa shape index (κ3) is 4.45. The van der Waals surface area contributed by atoms with E-state index in [-0.39, 0.29) is 0 Å². The van der Waals surface area contributed by atoms with Gasteiger partial charge in [-0.3, -0.25) is 4.99 Å². The highest BCUT2D eigenvalue weighted by Crippen LogP contribution is 2.24. The Bertz CT molecular complexity index is 1010. The summed E-state index contributed by atoms with van der Waals surface area (Å²) in [7, 11) is 3.50. The van der Waals surface area contributed by atoms with Gasteiger partial charge in [-0.15, -0.1) is 0 Å². The molecule has 1 saturated heterocycles. The molecule has 152 valence electrons. The normalized spacial score (nSPS) is 17.0. The first kappa shape index (κ1) is 19.1. The van der Waals surface area contributed by atoms with E-state index in [9.17, 15) is 0 Å². The zero-order valence-electron chi connectivity index (χ0n) is 17.2. The predicted molar refractivity (Wildman–Crippen MR) is 117 cm³/mol. The number of nitrogens with one attached hydrogen (secondary N) is 2. The fourth-order valence-corrected chi connectivity index (χ4v) is 3.70. The summed E-state index contributed by atoms with van der Waals surface area (Å²) in [6.45, 7) is 4.65. The van der Waals surface area contributed by atoms with E-state index < -0.39 is 0 Å². The first-order valence-corrected chi connectivity index (χ1v) is 9.95. The number of aryl methyl sites for hydroxylation is 1. The average Bonchev–Trinajstić information content (AvgIpc) is 3.37. The number of rotatable bonds is 5. The van der Waals surface area contributed by atoms with Gasteiger partial charge >= 0.3 is 0 Å². The predicted octanol–water partition coefficient (Wildman–Crippen LogP) is 2.60. The Hall–Kier alpha value is -3.22. The van der Waals surface area contributed by atoms with E-state index in [1.807, 2.05) is 22.7 Å². The van der Waals surface area contributed by atoms with Crippen molar-refractivity contribution in [1.82, 2.24) is 20.0 Å². The Morgan fingerprint density at radius 2 is 2.21 bits per heavy atom. The monoisotopic (exact) mass is 392 g/mol. The van der Waals surface area contributed by atoms with Crippen LogP contribution < -0.4 is 20.3 Å². The van der Waals surface area contributed by atoms with Gasteiger partial charge in [0.15, 0.2) is 5.96 Å². The number of benzene rings is 1. The maximum atomic E-state index is 5.35. The Labute approximate surface area is 171 Å². The lowest BCUT2D eigenvalue weighted by molar-refractivity contribution is 0.415. The molecule has 0 spiro atoms. The summed E-state index contributed by atoms with van der Waals surface area (Å²) in [5.74, 6) is 1.69. The average molecular weight is 393 g/mol. The molecule has 0 saturated carbocycles. The van der Waals surface area contributed by atoms with Gasteiger partial charge in [-0.05, 0) is 43.2 Å². The Balaban J connectivity index is 1.33. The molecule has 0 bridgehead atoms. The van der Waals surface area contributed by atoms with E-state index in [2.05, 4.69) is 62.9 Å². The molecule has 4 rings (SSSR count). The number of imidazole rings is 1. The molecule has 1 fully saturated rings. The van der Waals surface area contributed by atoms with Crippen molar-refractivity contribution in [3.05, 3.63) is 60.0 Å². The van der Waals surface area contributed by atoms with Crippen LogP contribution in [-0.2, 0) is 6.54 Å². The second kappa shape index (κ2) is 8.43. The lowest BCUT2D eigenvalue weighted by Crippen LogP contribution is -2.44. The minimum Gasteiger partial charge on any atom is -0.497 e. The van der Waals surface area contributed by atoms with Gasteiger partial charge in [-0.2, -0.15) is 0 Å². The first-order valence-electron chi connectivity index (χ1n) is 9.95. The van der Waals surface area contributed by atoms with Gasteiger partial charge in [0.25, 0.3) is 0 Å². The third-order valence-corrected chi connectivity index (χ3v) is 5.27. The van der Waals surface area contributed by atoms with Crippen LogP contribution in [0.5, 0.6) is 5.75 Å². The molecule has 2 N–H and O–H groups in total. The van der Waals surface area contributed by atoms with Gasteiger partial charge in [0.1, 0.15) is 11.4 Å². The number of pyridine rings is 1. The van der Waals surface area contributed by atoms with Crippen LogP contribution in [0.1, 0.15) is 17.7 Å². The molecule has 29 heavy (non-hydrogen) atoms. The molecule has 0 aliphatic carbocycles. The van der Waals surface area contributed by atoms with E-state index >= 15 is 0 Å². The Kier molecular flexibility index (Phi) is 5.55. The number of nitrogens with zero attached hydrogens (tertiary/aromatic N) is 4. The highest BCUT2D eigenvalue weighted by molar-refractivity contribution is 5.80. The van der Waals surface area contributed by atoms with Gasteiger partial charge in [0.05, 0.1) is 19.3 Å². The Morgan fingerprint density at radius 1 is 1.31 bits per heavy atom. The van der Waals surface area contributed by atoms with Gasteiger partial charge in [-0.1, -0.05) is 6.07 Å². The zero-order chi connectivity index (χ0) is 20.2. The van der Waals surface area contributed by atoms with Gasteiger partial charge in [-0.25, -0.2) is 4.98 Å². The third-order valence-electron chi connectivity index (χ3n) is 5.27. The molecule has 0 amide bonds. The molecule has 0 radical (unpaired) electrons. The van der Waals surface area contributed by atoms with Crippen molar-refractivity contribution < 1.29 is 4.74 Å². The molecule has 1 aromatic carbocycles. The molecule has 1 aliphatic rings. The summed E-state index contributed by atoms with van der Waals surface area (Å²) >= 11 is 0. The quantitative estimate of drug-likeness (QED) is 0.516. The topological polar surface area (TPSA) is 66.2 Å². The molecule has 7 nitrogen and oxygen atoms in total. The van der Waals surface area contributed by atoms with Crippen molar-refractivity contribution in [2.24, 2.45) is 4.99 Å². The molecule has 1 unspecified atom stereocenters. The number of aromatic nitrogens is 2. The number of guanidine groups is 1.